The van der Waals surface area contributed by atoms with Gasteiger partial charge in [0.15, 0.2) is 0 Å². The van der Waals surface area contributed by atoms with E-state index in [-0.39, 0.29) is 5.95 Å². The first-order chi connectivity index (χ1) is 4.86. The SMILES string of the molecule is Nc1ncc2cocc2n1. The fraction of sp³-hybridized carbons (Fsp3) is 0. The van der Waals surface area contributed by atoms with E-state index in [1.807, 2.05) is 0 Å². The summed E-state index contributed by atoms with van der Waals surface area (Å²) < 4.78 is 4.86. The van der Waals surface area contributed by atoms with Crippen LogP contribution in [0.25, 0.3) is 10.9 Å². The summed E-state index contributed by atoms with van der Waals surface area (Å²) in [7, 11) is 0. The molecule has 0 saturated carbocycles. The van der Waals surface area contributed by atoms with Crippen LogP contribution in [-0.4, -0.2) is 9.97 Å². The molecule has 0 atom stereocenters. The second-order valence-electron chi connectivity index (χ2n) is 1.94. The minimum absolute atomic E-state index is 0.272. The summed E-state index contributed by atoms with van der Waals surface area (Å²) in [6, 6.07) is 0. The molecule has 4 heteroatoms. The van der Waals surface area contributed by atoms with Crippen LogP contribution in [0.4, 0.5) is 5.95 Å². The average Bonchev–Trinajstić information content (AvgIpc) is 2.33. The summed E-state index contributed by atoms with van der Waals surface area (Å²) in [5.74, 6) is 0.272. The molecule has 0 amide bonds. The van der Waals surface area contributed by atoms with Crippen LogP contribution in [0.2, 0.25) is 0 Å². The van der Waals surface area contributed by atoms with Crippen molar-refractivity contribution in [2.75, 3.05) is 5.73 Å². The molecule has 0 aliphatic rings. The van der Waals surface area contributed by atoms with Crippen LogP contribution in [0.5, 0.6) is 0 Å². The molecule has 0 aromatic carbocycles. The van der Waals surface area contributed by atoms with E-state index in [1.165, 1.54) is 6.26 Å². The van der Waals surface area contributed by atoms with Gasteiger partial charge in [0.05, 0.1) is 5.39 Å². The molecule has 0 bridgehead atoms. The molecule has 4 nitrogen and oxygen atoms in total. The second kappa shape index (κ2) is 1.70. The van der Waals surface area contributed by atoms with Gasteiger partial charge in [0.2, 0.25) is 5.95 Å². The molecule has 0 unspecified atom stereocenters. The molecule has 0 aliphatic heterocycles. The summed E-state index contributed by atoms with van der Waals surface area (Å²) >= 11 is 0. The van der Waals surface area contributed by atoms with Gasteiger partial charge < -0.3 is 10.2 Å². The number of furan rings is 1. The zero-order chi connectivity index (χ0) is 6.97. The number of hydrogen-bond donors (Lipinski definition) is 1. The van der Waals surface area contributed by atoms with Gasteiger partial charge in [0, 0.05) is 6.20 Å². The Kier molecular flexibility index (Phi) is 0.887. The first-order valence-corrected chi connectivity index (χ1v) is 2.81. The predicted octanol–water partition coefficient (Wildman–Crippen LogP) is 0.805. The van der Waals surface area contributed by atoms with Crippen molar-refractivity contribution < 1.29 is 4.42 Å². The van der Waals surface area contributed by atoms with E-state index in [1.54, 1.807) is 12.5 Å². The monoisotopic (exact) mass is 135 g/mol. The predicted molar refractivity (Wildman–Crippen MR) is 36.2 cm³/mol. The van der Waals surface area contributed by atoms with Crippen LogP contribution in [-0.2, 0) is 0 Å². The van der Waals surface area contributed by atoms with Crippen molar-refractivity contribution in [3.8, 4) is 0 Å². The Morgan fingerprint density at radius 1 is 1.40 bits per heavy atom. The Bertz CT molecular complexity index is 355. The minimum atomic E-state index is 0.272. The van der Waals surface area contributed by atoms with Gasteiger partial charge in [-0.25, -0.2) is 9.97 Å². The number of nitrogen functional groups attached to an aromatic ring is 1. The quantitative estimate of drug-likeness (QED) is 0.580. The Morgan fingerprint density at radius 2 is 2.30 bits per heavy atom. The third-order valence-corrected chi connectivity index (χ3v) is 1.24. The van der Waals surface area contributed by atoms with Crippen LogP contribution < -0.4 is 5.73 Å². The molecule has 0 saturated heterocycles. The smallest absolute Gasteiger partial charge is 0.220 e. The number of fused-ring (bicyclic) bond motifs is 1. The number of nitrogens with zero attached hydrogens (tertiary/aromatic N) is 2. The number of rotatable bonds is 0. The molecule has 2 aromatic heterocycles. The molecule has 2 aromatic rings. The first-order valence-electron chi connectivity index (χ1n) is 2.81. The van der Waals surface area contributed by atoms with E-state index in [9.17, 15) is 0 Å². The Hall–Kier alpha value is -1.58. The van der Waals surface area contributed by atoms with Crippen molar-refractivity contribution in [3.63, 3.8) is 0 Å². The zero-order valence-corrected chi connectivity index (χ0v) is 5.11. The molecule has 0 fully saturated rings. The lowest BCUT2D eigenvalue weighted by Gasteiger charge is -1.87. The van der Waals surface area contributed by atoms with E-state index in [0.29, 0.717) is 0 Å². The lowest BCUT2D eigenvalue weighted by atomic mass is 10.4. The highest BCUT2D eigenvalue weighted by molar-refractivity contribution is 5.76. The molecule has 10 heavy (non-hydrogen) atoms. The zero-order valence-electron chi connectivity index (χ0n) is 5.11. The fourth-order valence-electron chi connectivity index (χ4n) is 0.776. The van der Waals surface area contributed by atoms with Crippen LogP contribution in [0.3, 0.4) is 0 Å². The normalized spacial score (nSPS) is 10.4. The van der Waals surface area contributed by atoms with Gasteiger partial charge in [-0.2, -0.15) is 0 Å². The Labute approximate surface area is 56.7 Å². The highest BCUT2D eigenvalue weighted by Crippen LogP contribution is 2.10. The molecular weight excluding hydrogens is 130 g/mol. The summed E-state index contributed by atoms with van der Waals surface area (Å²) in [5, 5.41) is 0.870. The maximum Gasteiger partial charge on any atom is 0.220 e. The Morgan fingerprint density at radius 3 is 3.20 bits per heavy atom. The topological polar surface area (TPSA) is 64.9 Å². The van der Waals surface area contributed by atoms with Crippen molar-refractivity contribution in [1.82, 2.24) is 9.97 Å². The van der Waals surface area contributed by atoms with E-state index in [2.05, 4.69) is 9.97 Å². The van der Waals surface area contributed by atoms with Gasteiger partial charge in [0.25, 0.3) is 0 Å². The fourth-order valence-corrected chi connectivity index (χ4v) is 0.776. The molecule has 2 heterocycles. The molecule has 0 spiro atoms. The van der Waals surface area contributed by atoms with Crippen LogP contribution in [0.15, 0.2) is 23.1 Å². The summed E-state index contributed by atoms with van der Waals surface area (Å²) in [5.41, 5.74) is 6.06. The molecule has 2 rings (SSSR count). The molecule has 50 valence electrons. The highest BCUT2D eigenvalue weighted by Gasteiger charge is 1.96. The number of aromatic nitrogens is 2. The Balaban J connectivity index is 2.86. The van der Waals surface area contributed by atoms with Gasteiger partial charge in [-0.05, 0) is 0 Å². The van der Waals surface area contributed by atoms with Crippen LogP contribution in [0.1, 0.15) is 0 Å². The summed E-state index contributed by atoms with van der Waals surface area (Å²) in [6.45, 7) is 0. The molecular formula is C6H5N3O. The maximum absolute atomic E-state index is 5.32. The molecule has 0 radical (unpaired) electrons. The van der Waals surface area contributed by atoms with Gasteiger partial charge in [-0.3, -0.25) is 0 Å². The van der Waals surface area contributed by atoms with Gasteiger partial charge in [-0.1, -0.05) is 0 Å². The third kappa shape index (κ3) is 0.621. The highest BCUT2D eigenvalue weighted by atomic mass is 16.3. The molecule has 2 N–H and O–H groups in total. The maximum atomic E-state index is 5.32. The molecule has 0 aliphatic carbocycles. The standard InChI is InChI=1S/C6H5N3O/c7-6-8-1-4-2-10-3-5(4)9-6/h1-3H,(H2,7,9). The number of hydrogen-bond acceptors (Lipinski definition) is 4. The van der Waals surface area contributed by atoms with Gasteiger partial charge in [-0.15, -0.1) is 0 Å². The minimum Gasteiger partial charge on any atom is -0.470 e. The lowest BCUT2D eigenvalue weighted by Crippen LogP contribution is -1.91. The largest absolute Gasteiger partial charge is 0.470 e. The van der Waals surface area contributed by atoms with E-state index in [0.717, 1.165) is 10.9 Å². The van der Waals surface area contributed by atoms with E-state index in [4.69, 9.17) is 10.2 Å². The van der Waals surface area contributed by atoms with Crippen molar-refractivity contribution in [2.45, 2.75) is 0 Å². The van der Waals surface area contributed by atoms with Crippen molar-refractivity contribution >= 4 is 16.9 Å². The average molecular weight is 135 g/mol. The van der Waals surface area contributed by atoms with E-state index < -0.39 is 0 Å². The lowest BCUT2D eigenvalue weighted by molar-refractivity contribution is 0.572. The number of anilines is 1. The van der Waals surface area contributed by atoms with E-state index >= 15 is 0 Å². The number of nitrogens with two attached hydrogens (primary N) is 1. The first kappa shape index (κ1) is 5.22. The van der Waals surface area contributed by atoms with Crippen LogP contribution >= 0.6 is 0 Å². The summed E-state index contributed by atoms with van der Waals surface area (Å²) in [6.07, 6.45) is 4.74. The van der Waals surface area contributed by atoms with Crippen LogP contribution in [0, 0.1) is 0 Å². The second-order valence-corrected chi connectivity index (χ2v) is 1.94. The van der Waals surface area contributed by atoms with Crippen molar-refractivity contribution in [3.05, 3.63) is 18.7 Å². The third-order valence-electron chi connectivity index (χ3n) is 1.24. The van der Waals surface area contributed by atoms with Crippen molar-refractivity contribution in [1.29, 1.82) is 0 Å². The van der Waals surface area contributed by atoms with Gasteiger partial charge in [0.1, 0.15) is 18.0 Å². The van der Waals surface area contributed by atoms with Gasteiger partial charge >= 0.3 is 0 Å². The van der Waals surface area contributed by atoms with Crippen molar-refractivity contribution in [2.24, 2.45) is 0 Å². The summed E-state index contributed by atoms with van der Waals surface area (Å²) in [4.78, 5) is 7.69.